The summed E-state index contributed by atoms with van der Waals surface area (Å²) in [6.07, 6.45) is 8.30. The molecule has 0 radical (unpaired) electrons. The van der Waals surface area contributed by atoms with Gasteiger partial charge in [0.25, 0.3) is 15.9 Å². The minimum atomic E-state index is -4.25. The lowest BCUT2D eigenvalue weighted by atomic mass is 9.84. The molecule has 3 aliphatic heterocycles. The van der Waals surface area contributed by atoms with Crippen LogP contribution in [0.2, 0.25) is 0 Å². The van der Waals surface area contributed by atoms with Crippen LogP contribution in [0.15, 0.2) is 53.8 Å². The molecule has 4 bridgehead atoms. The average molecular weight is 633 g/mol. The highest BCUT2D eigenvalue weighted by Crippen LogP contribution is 2.41. The minimum absolute atomic E-state index is 0.101. The third-order valence-corrected chi connectivity index (χ3v) is 10.7. The van der Waals surface area contributed by atoms with Crippen LogP contribution in [0.4, 0.5) is 17.6 Å². The SMILES string of the molecule is CC(C)(C)c1ccc2c(n1)N1C[C@@H](CC[C@@H](C3CCN(c4ncccn4)CC3)Nc3cccc(n3)S(=O)(=O)NC2=O)CC1(C)C. The second-order valence-electron chi connectivity index (χ2n) is 14.3. The predicted octanol–water partition coefficient (Wildman–Crippen LogP) is 4.78. The van der Waals surface area contributed by atoms with Gasteiger partial charge in [-0.3, -0.25) is 4.79 Å². The van der Waals surface area contributed by atoms with Crippen molar-refractivity contribution in [3.8, 4) is 0 Å². The Hall–Kier alpha value is -3.80. The maximum Gasteiger partial charge on any atom is 0.281 e. The summed E-state index contributed by atoms with van der Waals surface area (Å²) in [5.74, 6) is 1.81. The Morgan fingerprint density at radius 1 is 0.933 bits per heavy atom. The van der Waals surface area contributed by atoms with Crippen LogP contribution in [0.25, 0.3) is 0 Å². The molecule has 3 aromatic rings. The number of anilines is 3. The Bertz CT molecular complexity index is 1650. The number of fused-ring (bicyclic) bond motifs is 6. The highest BCUT2D eigenvalue weighted by molar-refractivity contribution is 7.90. The van der Waals surface area contributed by atoms with Gasteiger partial charge in [-0.2, -0.15) is 8.42 Å². The number of carbonyl (C=O) groups is 1. The Labute approximate surface area is 266 Å². The summed E-state index contributed by atoms with van der Waals surface area (Å²) >= 11 is 0. The van der Waals surface area contributed by atoms with E-state index in [4.69, 9.17) is 4.98 Å². The van der Waals surface area contributed by atoms with E-state index >= 15 is 0 Å². The summed E-state index contributed by atoms with van der Waals surface area (Å²) in [5.41, 5.74) is 0.578. The fraction of sp³-hybridized carbons (Fsp3) is 0.545. The number of amides is 1. The average Bonchev–Trinajstić information content (AvgIpc) is 3.32. The minimum Gasteiger partial charge on any atom is -0.367 e. The molecule has 2 atom stereocenters. The highest BCUT2D eigenvalue weighted by Gasteiger charge is 2.42. The summed E-state index contributed by atoms with van der Waals surface area (Å²) in [7, 11) is -4.25. The van der Waals surface area contributed by atoms with E-state index in [1.165, 1.54) is 6.07 Å². The van der Waals surface area contributed by atoms with Crippen molar-refractivity contribution >= 4 is 33.5 Å². The molecule has 0 aliphatic carbocycles. The van der Waals surface area contributed by atoms with E-state index in [0.717, 1.165) is 63.4 Å². The molecule has 45 heavy (non-hydrogen) atoms. The van der Waals surface area contributed by atoms with E-state index in [9.17, 15) is 13.2 Å². The molecule has 0 unspecified atom stereocenters. The molecular weight excluding hydrogens is 588 g/mol. The Kier molecular flexibility index (Phi) is 8.21. The quantitative estimate of drug-likeness (QED) is 0.407. The maximum absolute atomic E-state index is 13.7. The van der Waals surface area contributed by atoms with Gasteiger partial charge < -0.3 is 15.1 Å². The monoisotopic (exact) mass is 632 g/mol. The Morgan fingerprint density at radius 2 is 1.67 bits per heavy atom. The molecule has 6 heterocycles. The van der Waals surface area contributed by atoms with Gasteiger partial charge in [0.15, 0.2) is 5.03 Å². The van der Waals surface area contributed by atoms with Crippen molar-refractivity contribution in [3.05, 3.63) is 60.0 Å². The molecule has 1 amide bonds. The molecule has 0 spiro atoms. The molecule has 240 valence electrons. The number of pyridine rings is 2. The van der Waals surface area contributed by atoms with E-state index in [0.29, 0.717) is 23.5 Å². The van der Waals surface area contributed by atoms with Gasteiger partial charge in [-0.05, 0) is 88.1 Å². The first-order valence-corrected chi connectivity index (χ1v) is 17.4. The smallest absolute Gasteiger partial charge is 0.281 e. The normalized spacial score (nSPS) is 23.7. The van der Waals surface area contributed by atoms with E-state index in [1.807, 2.05) is 12.1 Å². The van der Waals surface area contributed by atoms with Gasteiger partial charge in [-0.25, -0.2) is 24.7 Å². The molecule has 0 aromatic carbocycles. The van der Waals surface area contributed by atoms with Crippen molar-refractivity contribution in [2.24, 2.45) is 11.8 Å². The standard InChI is InChI=1S/C33H44N8O3S/c1-32(2,3)26-13-11-24-29(37-26)41-21-22(20-33(41,4)5)10-12-25(23-14-18-40(19-15-23)31-34-16-7-17-35-31)36-27-8-6-9-28(38-27)45(43,44)39-30(24)42/h6-9,11,13,16-17,22-23,25H,10,12,14-15,18-21H2,1-5H3,(H,36,38)(H,39,42)/t22-,25-/m0/s1. The number of rotatable bonds is 2. The van der Waals surface area contributed by atoms with Gasteiger partial charge in [0.2, 0.25) is 5.95 Å². The number of piperidine rings is 1. The van der Waals surface area contributed by atoms with E-state index in [1.54, 1.807) is 30.6 Å². The third-order valence-electron chi connectivity index (χ3n) is 9.49. The van der Waals surface area contributed by atoms with E-state index in [2.05, 4.69) is 69.4 Å². The lowest BCUT2D eigenvalue weighted by molar-refractivity contribution is 0.0981. The fourth-order valence-electron chi connectivity index (χ4n) is 7.06. The molecule has 3 aliphatic rings. The van der Waals surface area contributed by atoms with Gasteiger partial charge in [-0.15, -0.1) is 0 Å². The lowest BCUT2D eigenvalue weighted by Gasteiger charge is -2.37. The zero-order valence-electron chi connectivity index (χ0n) is 26.8. The van der Waals surface area contributed by atoms with Gasteiger partial charge >= 0.3 is 0 Å². The van der Waals surface area contributed by atoms with Crippen molar-refractivity contribution < 1.29 is 13.2 Å². The summed E-state index contributed by atoms with van der Waals surface area (Å²) < 4.78 is 29.3. The first-order valence-electron chi connectivity index (χ1n) is 15.9. The van der Waals surface area contributed by atoms with Crippen molar-refractivity contribution in [2.75, 3.05) is 34.8 Å². The van der Waals surface area contributed by atoms with Gasteiger partial charge in [0, 0.05) is 54.7 Å². The van der Waals surface area contributed by atoms with Crippen LogP contribution in [0.1, 0.15) is 82.8 Å². The van der Waals surface area contributed by atoms with Gasteiger partial charge in [-0.1, -0.05) is 26.8 Å². The molecule has 0 saturated carbocycles. The largest absolute Gasteiger partial charge is 0.367 e. The summed E-state index contributed by atoms with van der Waals surface area (Å²) in [6, 6.07) is 10.3. The molecule has 2 fully saturated rings. The van der Waals surface area contributed by atoms with Crippen LogP contribution in [0.5, 0.6) is 0 Å². The first kappa shape index (κ1) is 31.2. The zero-order chi connectivity index (χ0) is 32.0. The third kappa shape index (κ3) is 6.61. The van der Waals surface area contributed by atoms with Crippen molar-refractivity contribution in [1.82, 2.24) is 24.7 Å². The van der Waals surface area contributed by atoms with Crippen LogP contribution in [0, 0.1) is 11.8 Å². The number of sulfonamides is 1. The summed E-state index contributed by atoms with van der Waals surface area (Å²) in [4.78, 5) is 36.5. The topological polar surface area (TPSA) is 133 Å². The van der Waals surface area contributed by atoms with Gasteiger partial charge in [0.05, 0.1) is 5.56 Å². The Balaban J connectivity index is 1.35. The number of hydrogen-bond donors (Lipinski definition) is 2. The fourth-order valence-corrected chi connectivity index (χ4v) is 8.00. The molecule has 6 rings (SSSR count). The number of nitrogens with zero attached hydrogens (tertiary/aromatic N) is 6. The number of nitrogens with one attached hydrogen (secondary N) is 2. The first-order chi connectivity index (χ1) is 21.3. The molecule has 2 N–H and O–H groups in total. The van der Waals surface area contributed by atoms with Crippen LogP contribution in [-0.4, -0.2) is 65.5 Å². The number of carbonyl (C=O) groups excluding carboxylic acids is 1. The second kappa shape index (κ2) is 11.9. The van der Waals surface area contributed by atoms with Crippen molar-refractivity contribution in [3.63, 3.8) is 0 Å². The van der Waals surface area contributed by atoms with Gasteiger partial charge in [0.1, 0.15) is 11.6 Å². The summed E-state index contributed by atoms with van der Waals surface area (Å²) in [5, 5.41) is 3.42. The molecule has 11 nitrogen and oxygen atoms in total. The number of hydrogen-bond acceptors (Lipinski definition) is 10. The van der Waals surface area contributed by atoms with E-state index in [-0.39, 0.29) is 27.6 Å². The maximum atomic E-state index is 13.7. The number of aromatic nitrogens is 4. The second-order valence-corrected chi connectivity index (χ2v) is 15.9. The van der Waals surface area contributed by atoms with Crippen molar-refractivity contribution in [1.29, 1.82) is 0 Å². The van der Waals surface area contributed by atoms with Crippen LogP contribution in [-0.2, 0) is 15.4 Å². The van der Waals surface area contributed by atoms with Crippen LogP contribution >= 0.6 is 0 Å². The molecule has 3 aromatic heterocycles. The summed E-state index contributed by atoms with van der Waals surface area (Å²) in [6.45, 7) is 13.1. The Morgan fingerprint density at radius 3 is 2.38 bits per heavy atom. The van der Waals surface area contributed by atoms with Crippen molar-refractivity contribution in [2.45, 2.75) is 88.7 Å². The molecule has 12 heteroatoms. The zero-order valence-corrected chi connectivity index (χ0v) is 27.6. The predicted molar refractivity (Wildman–Crippen MR) is 175 cm³/mol. The van der Waals surface area contributed by atoms with Crippen LogP contribution in [0.3, 0.4) is 0 Å². The molecular formula is C33H44N8O3S. The highest BCUT2D eigenvalue weighted by atomic mass is 32.2. The molecule has 2 saturated heterocycles. The lowest BCUT2D eigenvalue weighted by Crippen LogP contribution is -2.41. The van der Waals surface area contributed by atoms with Crippen LogP contribution < -0.4 is 19.8 Å². The van der Waals surface area contributed by atoms with E-state index < -0.39 is 15.9 Å².